The first-order valence-electron chi connectivity index (χ1n) is 7.26. The molecule has 20 heavy (non-hydrogen) atoms. The van der Waals surface area contributed by atoms with E-state index in [1.165, 1.54) is 0 Å². The van der Waals surface area contributed by atoms with Crippen LogP contribution in [0, 0.1) is 5.41 Å². The molecule has 0 aromatic heterocycles. The summed E-state index contributed by atoms with van der Waals surface area (Å²) in [6.07, 6.45) is 2.33. The first kappa shape index (κ1) is 16.8. The lowest BCUT2D eigenvalue weighted by molar-refractivity contribution is -0.147. The molecule has 0 aliphatic carbocycles. The molecule has 0 bridgehead atoms. The molecule has 6 heteroatoms. The van der Waals surface area contributed by atoms with Crippen molar-refractivity contribution in [3.63, 3.8) is 0 Å². The van der Waals surface area contributed by atoms with E-state index < -0.39 is 11.4 Å². The number of hydrogen-bond acceptors (Lipinski definition) is 3. The van der Waals surface area contributed by atoms with Crippen LogP contribution in [0.1, 0.15) is 40.0 Å². The molecule has 1 aliphatic heterocycles. The Labute approximate surface area is 120 Å². The second-order valence-corrected chi connectivity index (χ2v) is 6.10. The normalized spacial score (nSPS) is 26.6. The molecule has 0 radical (unpaired) electrons. The van der Waals surface area contributed by atoms with Gasteiger partial charge in [0.2, 0.25) is 0 Å². The van der Waals surface area contributed by atoms with Crippen molar-refractivity contribution in [1.82, 2.24) is 15.5 Å². The van der Waals surface area contributed by atoms with Crippen LogP contribution in [0.15, 0.2) is 0 Å². The summed E-state index contributed by atoms with van der Waals surface area (Å²) in [5.74, 6) is -0.881. The number of likely N-dealkylation sites (tertiary alicyclic amines) is 1. The molecule has 0 aromatic carbocycles. The minimum Gasteiger partial charge on any atom is -0.481 e. The molecule has 0 spiro atoms. The number of hydrogen-bond donors (Lipinski definition) is 3. The van der Waals surface area contributed by atoms with E-state index in [2.05, 4.69) is 29.5 Å². The second kappa shape index (κ2) is 6.92. The van der Waals surface area contributed by atoms with Crippen molar-refractivity contribution in [3.8, 4) is 0 Å². The number of aliphatic carboxylic acids is 1. The molecule has 3 N–H and O–H groups in total. The van der Waals surface area contributed by atoms with E-state index in [-0.39, 0.29) is 18.6 Å². The molecule has 1 heterocycles. The largest absolute Gasteiger partial charge is 0.481 e. The summed E-state index contributed by atoms with van der Waals surface area (Å²) in [5, 5.41) is 14.8. The van der Waals surface area contributed by atoms with E-state index in [1.54, 1.807) is 6.92 Å². The fourth-order valence-corrected chi connectivity index (χ4v) is 2.28. The van der Waals surface area contributed by atoms with E-state index in [0.29, 0.717) is 12.5 Å². The number of nitrogens with zero attached hydrogens (tertiary/aromatic N) is 1. The van der Waals surface area contributed by atoms with Crippen LogP contribution in [0.4, 0.5) is 4.79 Å². The highest BCUT2D eigenvalue weighted by molar-refractivity contribution is 5.77. The third-order valence-corrected chi connectivity index (χ3v) is 4.48. The monoisotopic (exact) mass is 285 g/mol. The van der Waals surface area contributed by atoms with Crippen molar-refractivity contribution >= 4 is 12.0 Å². The maximum Gasteiger partial charge on any atom is 0.315 e. The van der Waals surface area contributed by atoms with Gasteiger partial charge in [-0.05, 0) is 40.2 Å². The Bertz CT molecular complexity index is 362. The van der Waals surface area contributed by atoms with Gasteiger partial charge in [-0.2, -0.15) is 0 Å². The first-order chi connectivity index (χ1) is 9.28. The van der Waals surface area contributed by atoms with Crippen LogP contribution in [-0.4, -0.2) is 54.2 Å². The third kappa shape index (κ3) is 4.37. The van der Waals surface area contributed by atoms with Gasteiger partial charge in [-0.15, -0.1) is 0 Å². The van der Waals surface area contributed by atoms with E-state index in [9.17, 15) is 9.59 Å². The van der Waals surface area contributed by atoms with Crippen molar-refractivity contribution in [2.45, 2.75) is 52.1 Å². The molecule has 1 saturated heterocycles. The Kier molecular flexibility index (Phi) is 5.80. The number of carbonyl (C=O) groups excluding carboxylic acids is 1. The Morgan fingerprint density at radius 1 is 1.45 bits per heavy atom. The quantitative estimate of drug-likeness (QED) is 0.710. The molecule has 3 unspecified atom stereocenters. The molecular formula is C14H27N3O3. The van der Waals surface area contributed by atoms with Crippen molar-refractivity contribution < 1.29 is 14.7 Å². The van der Waals surface area contributed by atoms with Gasteiger partial charge in [-0.1, -0.05) is 6.92 Å². The summed E-state index contributed by atoms with van der Waals surface area (Å²) in [5.41, 5.74) is -0.905. The fourth-order valence-electron chi connectivity index (χ4n) is 2.28. The van der Waals surface area contributed by atoms with Gasteiger partial charge in [-0.3, -0.25) is 4.79 Å². The Balaban J connectivity index is 2.39. The highest BCUT2D eigenvalue weighted by Crippen LogP contribution is 2.20. The van der Waals surface area contributed by atoms with Gasteiger partial charge in [0.1, 0.15) is 0 Å². The summed E-state index contributed by atoms with van der Waals surface area (Å²) in [7, 11) is 2.08. The lowest BCUT2D eigenvalue weighted by Crippen LogP contribution is -2.51. The standard InChI is InChI=1S/C14H27N3O3/c1-5-14(3,12(18)19)9-15-13(20)16-11-6-7-17(4)10(2)8-11/h10-11H,5-9H2,1-4H3,(H,18,19)(H2,15,16,20). The van der Waals surface area contributed by atoms with Crippen molar-refractivity contribution in [2.24, 2.45) is 5.41 Å². The highest BCUT2D eigenvalue weighted by Gasteiger charge is 2.32. The molecular weight excluding hydrogens is 258 g/mol. The van der Waals surface area contributed by atoms with Gasteiger partial charge in [0, 0.05) is 25.2 Å². The van der Waals surface area contributed by atoms with Gasteiger partial charge in [-0.25, -0.2) is 4.79 Å². The molecule has 3 atom stereocenters. The SMILES string of the molecule is CCC(C)(CNC(=O)NC1CCN(C)C(C)C1)C(=O)O. The van der Waals surface area contributed by atoms with Crippen LogP contribution in [0.25, 0.3) is 0 Å². The van der Waals surface area contributed by atoms with Crippen LogP contribution in [0.3, 0.4) is 0 Å². The number of urea groups is 1. The summed E-state index contributed by atoms with van der Waals surface area (Å²) < 4.78 is 0. The van der Waals surface area contributed by atoms with Gasteiger partial charge in [0.05, 0.1) is 5.41 Å². The van der Waals surface area contributed by atoms with Crippen LogP contribution in [0.2, 0.25) is 0 Å². The van der Waals surface area contributed by atoms with Crippen molar-refractivity contribution in [2.75, 3.05) is 20.1 Å². The lowest BCUT2D eigenvalue weighted by atomic mass is 9.88. The molecule has 0 saturated carbocycles. The van der Waals surface area contributed by atoms with E-state index in [4.69, 9.17) is 5.11 Å². The molecule has 1 fully saturated rings. The molecule has 116 valence electrons. The molecule has 1 rings (SSSR count). The summed E-state index contributed by atoms with van der Waals surface area (Å²) >= 11 is 0. The van der Waals surface area contributed by atoms with Crippen molar-refractivity contribution in [3.05, 3.63) is 0 Å². The number of carboxylic acid groups (broad SMARTS) is 1. The second-order valence-electron chi connectivity index (χ2n) is 6.10. The fraction of sp³-hybridized carbons (Fsp3) is 0.857. The summed E-state index contributed by atoms with van der Waals surface area (Å²) in [6.45, 7) is 6.71. The predicted molar refractivity (Wildman–Crippen MR) is 77.7 cm³/mol. The Hall–Kier alpha value is -1.30. The zero-order valence-electron chi connectivity index (χ0n) is 12.9. The average molecular weight is 285 g/mol. The van der Waals surface area contributed by atoms with Crippen LogP contribution in [0.5, 0.6) is 0 Å². The molecule has 2 amide bonds. The van der Waals surface area contributed by atoms with Gasteiger partial charge < -0.3 is 20.6 Å². The van der Waals surface area contributed by atoms with Gasteiger partial charge in [0.25, 0.3) is 0 Å². The molecule has 6 nitrogen and oxygen atoms in total. The Morgan fingerprint density at radius 2 is 2.10 bits per heavy atom. The van der Waals surface area contributed by atoms with Crippen molar-refractivity contribution in [1.29, 1.82) is 0 Å². The topological polar surface area (TPSA) is 81.7 Å². The predicted octanol–water partition coefficient (Wildman–Crippen LogP) is 1.27. The van der Waals surface area contributed by atoms with Gasteiger partial charge >= 0.3 is 12.0 Å². The van der Waals surface area contributed by atoms with Crippen LogP contribution in [-0.2, 0) is 4.79 Å². The smallest absolute Gasteiger partial charge is 0.315 e. The number of piperidine rings is 1. The first-order valence-corrected chi connectivity index (χ1v) is 7.26. The lowest BCUT2D eigenvalue weighted by Gasteiger charge is -2.35. The van der Waals surface area contributed by atoms with E-state index in [1.807, 2.05) is 6.92 Å². The summed E-state index contributed by atoms with van der Waals surface area (Å²) in [4.78, 5) is 25.3. The van der Waals surface area contributed by atoms with Crippen LogP contribution < -0.4 is 10.6 Å². The number of carbonyl (C=O) groups is 2. The van der Waals surface area contributed by atoms with Crippen LogP contribution >= 0.6 is 0 Å². The van der Waals surface area contributed by atoms with Gasteiger partial charge in [0.15, 0.2) is 0 Å². The maximum atomic E-state index is 11.9. The highest BCUT2D eigenvalue weighted by atomic mass is 16.4. The minimum absolute atomic E-state index is 0.146. The number of nitrogens with one attached hydrogen (secondary N) is 2. The number of rotatable bonds is 5. The number of carboxylic acids is 1. The minimum atomic E-state index is -0.905. The molecule has 0 aromatic rings. The molecule has 1 aliphatic rings. The van der Waals surface area contributed by atoms with E-state index >= 15 is 0 Å². The zero-order chi connectivity index (χ0) is 15.3. The van der Waals surface area contributed by atoms with E-state index in [0.717, 1.165) is 19.4 Å². The Morgan fingerprint density at radius 3 is 2.60 bits per heavy atom. The maximum absolute atomic E-state index is 11.9. The third-order valence-electron chi connectivity index (χ3n) is 4.48. The summed E-state index contributed by atoms with van der Waals surface area (Å²) in [6, 6.07) is 0.348. The average Bonchev–Trinajstić information content (AvgIpc) is 2.40. The zero-order valence-corrected chi connectivity index (χ0v) is 12.9. The number of amides is 2.